The summed E-state index contributed by atoms with van der Waals surface area (Å²) in [5.74, 6) is 0. The first-order chi connectivity index (χ1) is 10.0. The van der Waals surface area contributed by atoms with Gasteiger partial charge in [0.05, 0.1) is 0 Å². The van der Waals surface area contributed by atoms with Crippen molar-refractivity contribution < 1.29 is 0 Å². The summed E-state index contributed by atoms with van der Waals surface area (Å²) in [5, 5.41) is 0. The van der Waals surface area contributed by atoms with Gasteiger partial charge >= 0.3 is 0 Å². The van der Waals surface area contributed by atoms with Crippen LogP contribution in [0.1, 0.15) is 92.9 Å². The summed E-state index contributed by atoms with van der Waals surface area (Å²) in [6.07, 6.45) is 10.7. The molecule has 2 heteroatoms. The SMILES string of the molecule is CCCC(=NC1CCCCC1)C(CC)P(C(C)C)C(C)C. The Labute approximate surface area is 135 Å². The minimum Gasteiger partial charge on any atom is -0.290 e. The summed E-state index contributed by atoms with van der Waals surface area (Å²) < 4.78 is 0. The van der Waals surface area contributed by atoms with Gasteiger partial charge in [-0.1, -0.05) is 75.1 Å². The lowest BCUT2D eigenvalue weighted by atomic mass is 9.95. The molecule has 1 atom stereocenters. The third-order valence-corrected chi connectivity index (χ3v) is 8.52. The molecule has 1 aliphatic rings. The second-order valence-corrected chi connectivity index (χ2v) is 10.8. The molecule has 1 saturated carbocycles. The molecule has 0 aromatic rings. The highest BCUT2D eigenvalue weighted by Crippen LogP contribution is 2.52. The lowest BCUT2D eigenvalue weighted by Crippen LogP contribution is -2.27. The van der Waals surface area contributed by atoms with Crippen molar-refractivity contribution >= 4 is 13.6 Å². The highest BCUT2D eigenvalue weighted by Gasteiger charge is 2.29. The maximum absolute atomic E-state index is 5.32. The maximum Gasteiger partial charge on any atom is 0.0499 e. The number of nitrogens with zero attached hydrogens (tertiary/aromatic N) is 1. The van der Waals surface area contributed by atoms with Crippen molar-refractivity contribution in [1.29, 1.82) is 0 Å². The molecule has 1 aliphatic carbocycles. The van der Waals surface area contributed by atoms with E-state index in [1.54, 1.807) is 5.71 Å². The van der Waals surface area contributed by atoms with Gasteiger partial charge in [-0.3, -0.25) is 4.99 Å². The summed E-state index contributed by atoms with van der Waals surface area (Å²) in [5.41, 5.74) is 3.99. The first-order valence-electron chi connectivity index (χ1n) is 9.35. The van der Waals surface area contributed by atoms with E-state index < -0.39 is 0 Å². The van der Waals surface area contributed by atoms with Crippen LogP contribution in [0.2, 0.25) is 0 Å². The Kier molecular flexibility index (Phi) is 9.10. The summed E-state index contributed by atoms with van der Waals surface area (Å²) in [6, 6.07) is 0.644. The van der Waals surface area contributed by atoms with Crippen molar-refractivity contribution in [2.75, 3.05) is 0 Å². The predicted octanol–water partition coefficient (Wildman–Crippen LogP) is 6.64. The normalized spacial score (nSPS) is 19.8. The summed E-state index contributed by atoms with van der Waals surface area (Å²) in [4.78, 5) is 5.32. The summed E-state index contributed by atoms with van der Waals surface area (Å²) in [6.45, 7) is 14.4. The van der Waals surface area contributed by atoms with Crippen molar-refractivity contribution in [3.8, 4) is 0 Å². The first kappa shape index (κ1) is 19.1. The fourth-order valence-corrected chi connectivity index (χ4v) is 7.55. The molecule has 0 aromatic carbocycles. The highest BCUT2D eigenvalue weighted by atomic mass is 31.1. The lowest BCUT2D eigenvalue weighted by molar-refractivity contribution is 0.442. The molecule has 0 amide bonds. The molecule has 0 aliphatic heterocycles. The van der Waals surface area contributed by atoms with Crippen molar-refractivity contribution in [3.63, 3.8) is 0 Å². The van der Waals surface area contributed by atoms with E-state index in [9.17, 15) is 0 Å². The molecule has 0 N–H and O–H groups in total. The van der Waals surface area contributed by atoms with Gasteiger partial charge in [0.1, 0.15) is 0 Å². The summed E-state index contributed by atoms with van der Waals surface area (Å²) >= 11 is 0. The molecule has 1 nitrogen and oxygen atoms in total. The Morgan fingerprint density at radius 1 is 1.00 bits per heavy atom. The molecule has 1 fully saturated rings. The van der Waals surface area contributed by atoms with E-state index in [-0.39, 0.29) is 7.92 Å². The molecule has 0 saturated heterocycles. The zero-order chi connectivity index (χ0) is 15.8. The number of rotatable bonds is 8. The van der Waals surface area contributed by atoms with Crippen LogP contribution in [-0.2, 0) is 0 Å². The minimum atomic E-state index is 0.0492. The third-order valence-electron chi connectivity index (χ3n) is 4.75. The smallest absolute Gasteiger partial charge is 0.0499 e. The fourth-order valence-electron chi connectivity index (χ4n) is 3.95. The minimum absolute atomic E-state index is 0.0492. The summed E-state index contributed by atoms with van der Waals surface area (Å²) in [7, 11) is 0.0492. The van der Waals surface area contributed by atoms with Gasteiger partial charge in [-0.2, -0.15) is 0 Å². The molecule has 0 bridgehead atoms. The molecule has 0 radical (unpaired) electrons. The number of hydrogen-bond donors (Lipinski definition) is 0. The Morgan fingerprint density at radius 2 is 1.57 bits per heavy atom. The second-order valence-electron chi connectivity index (χ2n) is 7.22. The predicted molar refractivity (Wildman–Crippen MR) is 100 cm³/mol. The van der Waals surface area contributed by atoms with Crippen LogP contribution >= 0.6 is 7.92 Å². The largest absolute Gasteiger partial charge is 0.290 e. The number of hydrogen-bond acceptors (Lipinski definition) is 1. The average molecular weight is 311 g/mol. The standard InChI is InChI=1S/C19H38NP/c1-7-12-18(20-17-13-10-9-11-14-17)19(8-2)21(15(3)4)16(5)6/h15-17,19H,7-14H2,1-6H3. The number of aliphatic imine (C=N–C) groups is 1. The zero-order valence-corrected chi connectivity index (χ0v) is 16.3. The molecule has 0 heterocycles. The van der Waals surface area contributed by atoms with Gasteiger partial charge in [-0.15, -0.1) is 0 Å². The Morgan fingerprint density at radius 3 is 2.00 bits per heavy atom. The van der Waals surface area contributed by atoms with Gasteiger partial charge in [-0.05, 0) is 37.0 Å². The van der Waals surface area contributed by atoms with Gasteiger partial charge in [-0.25, -0.2) is 0 Å². The van der Waals surface area contributed by atoms with Gasteiger partial charge in [0.2, 0.25) is 0 Å². The molecular formula is C19H38NP. The zero-order valence-electron chi connectivity index (χ0n) is 15.4. The molecule has 21 heavy (non-hydrogen) atoms. The van der Waals surface area contributed by atoms with E-state index in [1.165, 1.54) is 51.4 Å². The topological polar surface area (TPSA) is 12.4 Å². The molecule has 1 rings (SSSR count). The van der Waals surface area contributed by atoms with Crippen LogP contribution in [0.4, 0.5) is 0 Å². The van der Waals surface area contributed by atoms with Crippen LogP contribution in [0, 0.1) is 0 Å². The fraction of sp³-hybridized carbons (Fsp3) is 0.947. The molecule has 124 valence electrons. The van der Waals surface area contributed by atoms with E-state index in [4.69, 9.17) is 4.99 Å². The van der Waals surface area contributed by atoms with E-state index in [2.05, 4.69) is 41.5 Å². The monoisotopic (exact) mass is 311 g/mol. The van der Waals surface area contributed by atoms with Crippen molar-refractivity contribution in [1.82, 2.24) is 0 Å². The Balaban J connectivity index is 2.94. The molecule has 1 unspecified atom stereocenters. The average Bonchev–Trinajstić information content (AvgIpc) is 2.44. The third kappa shape index (κ3) is 6.01. The van der Waals surface area contributed by atoms with Crippen LogP contribution < -0.4 is 0 Å². The van der Waals surface area contributed by atoms with Crippen molar-refractivity contribution in [3.05, 3.63) is 0 Å². The van der Waals surface area contributed by atoms with Crippen LogP contribution in [0.15, 0.2) is 4.99 Å². The van der Waals surface area contributed by atoms with Crippen LogP contribution in [-0.4, -0.2) is 28.7 Å². The first-order valence-corrected chi connectivity index (χ1v) is 10.9. The second kappa shape index (κ2) is 9.98. The van der Waals surface area contributed by atoms with E-state index >= 15 is 0 Å². The maximum atomic E-state index is 5.32. The van der Waals surface area contributed by atoms with E-state index in [0.717, 1.165) is 17.0 Å². The van der Waals surface area contributed by atoms with E-state index in [1.807, 2.05) is 0 Å². The molecular weight excluding hydrogens is 273 g/mol. The van der Waals surface area contributed by atoms with Crippen molar-refractivity contribution in [2.45, 2.75) is 116 Å². The van der Waals surface area contributed by atoms with Crippen LogP contribution in [0.3, 0.4) is 0 Å². The van der Waals surface area contributed by atoms with Gasteiger partial charge in [0.15, 0.2) is 0 Å². The lowest BCUT2D eigenvalue weighted by Gasteiger charge is -2.35. The van der Waals surface area contributed by atoms with Gasteiger partial charge in [0, 0.05) is 17.4 Å². The Hall–Kier alpha value is 0.100. The van der Waals surface area contributed by atoms with Crippen LogP contribution in [0.5, 0.6) is 0 Å². The van der Waals surface area contributed by atoms with E-state index in [0.29, 0.717) is 6.04 Å². The van der Waals surface area contributed by atoms with Gasteiger partial charge < -0.3 is 0 Å². The quantitative estimate of drug-likeness (QED) is 0.352. The van der Waals surface area contributed by atoms with Crippen molar-refractivity contribution in [2.24, 2.45) is 4.99 Å². The van der Waals surface area contributed by atoms with Crippen LogP contribution in [0.25, 0.3) is 0 Å². The Bertz CT molecular complexity index is 295. The molecule has 0 spiro atoms. The highest BCUT2D eigenvalue weighted by molar-refractivity contribution is 7.60. The van der Waals surface area contributed by atoms with Gasteiger partial charge in [0.25, 0.3) is 0 Å². The molecule has 0 aromatic heterocycles.